The molecular formula is C29H29ClFNO4. The summed E-state index contributed by atoms with van der Waals surface area (Å²) in [6.07, 6.45) is 4.17. The summed E-state index contributed by atoms with van der Waals surface area (Å²) in [6, 6.07) is 9.80. The van der Waals surface area contributed by atoms with Crippen molar-refractivity contribution in [3.8, 4) is 11.5 Å². The Morgan fingerprint density at radius 2 is 1.64 bits per heavy atom. The van der Waals surface area contributed by atoms with Crippen molar-refractivity contribution >= 4 is 23.2 Å². The maximum absolute atomic E-state index is 13.6. The monoisotopic (exact) mass is 509 g/mol. The number of hydrogen-bond acceptors (Lipinski definition) is 5. The quantitative estimate of drug-likeness (QED) is 0.445. The fourth-order valence-corrected chi connectivity index (χ4v) is 5.90. The van der Waals surface area contributed by atoms with E-state index in [0.29, 0.717) is 52.7 Å². The van der Waals surface area contributed by atoms with Crippen molar-refractivity contribution in [2.24, 2.45) is 0 Å². The Balaban J connectivity index is 1.60. The third-order valence-corrected chi connectivity index (χ3v) is 7.46. The third-order valence-electron chi connectivity index (χ3n) is 7.18. The van der Waals surface area contributed by atoms with Gasteiger partial charge < -0.3 is 14.4 Å². The number of ketones is 2. The first-order valence-corrected chi connectivity index (χ1v) is 12.9. The Morgan fingerprint density at radius 3 is 2.25 bits per heavy atom. The van der Waals surface area contributed by atoms with Crippen molar-refractivity contribution in [1.29, 1.82) is 0 Å². The normalized spacial score (nSPS) is 18.4. The highest BCUT2D eigenvalue weighted by molar-refractivity contribution is 6.32. The van der Waals surface area contributed by atoms with Gasteiger partial charge in [0.15, 0.2) is 23.1 Å². The van der Waals surface area contributed by atoms with Crippen molar-refractivity contribution in [2.45, 2.75) is 58.0 Å². The summed E-state index contributed by atoms with van der Waals surface area (Å²) in [5, 5.41) is 0.321. The first kappa shape index (κ1) is 24.6. The average Bonchev–Trinajstić information content (AvgIpc) is 2.85. The predicted molar refractivity (Wildman–Crippen MR) is 136 cm³/mol. The molecule has 0 amide bonds. The highest BCUT2D eigenvalue weighted by Crippen LogP contribution is 2.50. The van der Waals surface area contributed by atoms with E-state index in [0.717, 1.165) is 42.6 Å². The van der Waals surface area contributed by atoms with Gasteiger partial charge >= 0.3 is 0 Å². The van der Waals surface area contributed by atoms with Crippen molar-refractivity contribution in [3.05, 3.63) is 80.9 Å². The van der Waals surface area contributed by atoms with Gasteiger partial charge in [0.05, 0.1) is 11.6 Å². The van der Waals surface area contributed by atoms with E-state index >= 15 is 0 Å². The van der Waals surface area contributed by atoms with Crippen LogP contribution in [0.3, 0.4) is 0 Å². The lowest BCUT2D eigenvalue weighted by atomic mass is 9.71. The maximum atomic E-state index is 13.6. The molecule has 2 aromatic carbocycles. The number of carbonyl (C=O) groups is 2. The molecule has 5 nitrogen and oxygen atoms in total. The van der Waals surface area contributed by atoms with Crippen LogP contribution in [0.25, 0.3) is 0 Å². The molecule has 0 spiro atoms. The lowest BCUT2D eigenvalue weighted by Gasteiger charge is -2.42. The minimum absolute atomic E-state index is 0.0820. The second kappa shape index (κ2) is 10.1. The van der Waals surface area contributed by atoms with Gasteiger partial charge in [-0.25, -0.2) is 4.39 Å². The van der Waals surface area contributed by atoms with Crippen LogP contribution < -0.4 is 9.47 Å². The number of allylic oxidation sites excluding steroid dienone is 4. The molecule has 0 saturated carbocycles. The molecule has 3 aliphatic rings. The van der Waals surface area contributed by atoms with Crippen molar-refractivity contribution in [2.75, 3.05) is 13.7 Å². The third kappa shape index (κ3) is 4.43. The topological polar surface area (TPSA) is 55.8 Å². The fraction of sp³-hybridized carbons (Fsp3) is 0.379. The van der Waals surface area contributed by atoms with Gasteiger partial charge in [-0.05, 0) is 68.0 Å². The first-order chi connectivity index (χ1) is 17.4. The Labute approximate surface area is 215 Å². The SMILES string of the molecule is CCOc1cc(C2C3=C(CCCC3=O)N(C)C3=C2C(=O)CCC3)cc(Cl)c1OCc1cccc(F)c1. The van der Waals surface area contributed by atoms with Crippen molar-refractivity contribution in [1.82, 2.24) is 4.90 Å². The molecule has 0 fully saturated rings. The van der Waals surface area contributed by atoms with Crippen LogP contribution in [0.1, 0.15) is 62.5 Å². The summed E-state index contributed by atoms with van der Waals surface area (Å²) in [5.74, 6) is 0.143. The minimum Gasteiger partial charge on any atom is -0.490 e. The molecule has 5 rings (SSSR count). The molecule has 2 aromatic rings. The molecule has 0 atom stereocenters. The fourth-order valence-electron chi connectivity index (χ4n) is 5.63. The van der Waals surface area contributed by atoms with Crippen LogP contribution in [-0.2, 0) is 16.2 Å². The van der Waals surface area contributed by atoms with E-state index in [2.05, 4.69) is 4.90 Å². The van der Waals surface area contributed by atoms with Crippen LogP contribution in [0, 0.1) is 5.82 Å². The number of benzene rings is 2. The van der Waals surface area contributed by atoms with Gasteiger partial charge in [0.1, 0.15) is 12.4 Å². The van der Waals surface area contributed by atoms with Gasteiger partial charge in [-0.2, -0.15) is 0 Å². The number of hydrogen-bond donors (Lipinski definition) is 0. The zero-order valence-electron chi connectivity index (χ0n) is 20.5. The van der Waals surface area contributed by atoms with Gasteiger partial charge in [-0.15, -0.1) is 0 Å². The molecule has 0 radical (unpaired) electrons. The average molecular weight is 510 g/mol. The van der Waals surface area contributed by atoms with Crippen LogP contribution in [0.2, 0.25) is 5.02 Å². The second-order valence-electron chi connectivity index (χ2n) is 9.45. The van der Waals surface area contributed by atoms with Crippen LogP contribution in [0.15, 0.2) is 58.9 Å². The molecule has 36 heavy (non-hydrogen) atoms. The Hall–Kier alpha value is -3.12. The molecular weight excluding hydrogens is 481 g/mol. The lowest BCUT2D eigenvalue weighted by molar-refractivity contribution is -0.117. The van der Waals surface area contributed by atoms with Crippen molar-refractivity contribution < 1.29 is 23.5 Å². The number of halogens is 2. The zero-order valence-corrected chi connectivity index (χ0v) is 21.3. The maximum Gasteiger partial charge on any atom is 0.180 e. The van der Waals surface area contributed by atoms with E-state index in [-0.39, 0.29) is 24.0 Å². The van der Waals surface area contributed by atoms with E-state index in [4.69, 9.17) is 21.1 Å². The molecule has 0 saturated heterocycles. The summed E-state index contributed by atoms with van der Waals surface area (Å²) in [6.45, 7) is 2.36. The summed E-state index contributed by atoms with van der Waals surface area (Å²) >= 11 is 6.75. The van der Waals surface area contributed by atoms with Crippen LogP contribution in [0.5, 0.6) is 11.5 Å². The predicted octanol–water partition coefficient (Wildman–Crippen LogP) is 6.50. The largest absolute Gasteiger partial charge is 0.490 e. The highest BCUT2D eigenvalue weighted by Gasteiger charge is 2.42. The second-order valence-corrected chi connectivity index (χ2v) is 9.86. The lowest BCUT2D eigenvalue weighted by Crippen LogP contribution is -2.37. The standard InChI is InChI=1S/C29H29ClFNO4/c1-3-35-25-15-18(14-20(30)29(25)36-16-17-7-4-8-19(31)13-17)26-27-21(9-5-11-23(27)33)32(2)22-10-6-12-24(34)28(22)26/h4,7-8,13-15,26H,3,5-6,9-12,16H2,1-2H3. The molecule has 0 unspecified atom stereocenters. The Bertz CT molecular complexity index is 1250. The van der Waals surface area contributed by atoms with Crippen LogP contribution >= 0.6 is 11.6 Å². The number of carbonyl (C=O) groups excluding carboxylic acids is 2. The Kier molecular flexibility index (Phi) is 6.89. The summed E-state index contributed by atoms with van der Waals surface area (Å²) in [7, 11) is 1.97. The van der Waals surface area contributed by atoms with E-state index in [1.807, 2.05) is 20.0 Å². The van der Waals surface area contributed by atoms with E-state index < -0.39 is 5.92 Å². The summed E-state index contributed by atoms with van der Waals surface area (Å²) in [5.41, 5.74) is 4.82. The van der Waals surface area contributed by atoms with Gasteiger partial charge in [0, 0.05) is 48.3 Å². The number of ether oxygens (including phenoxy) is 2. The molecule has 7 heteroatoms. The first-order valence-electron chi connectivity index (χ1n) is 12.5. The minimum atomic E-state index is -0.472. The molecule has 1 aliphatic heterocycles. The van der Waals surface area contributed by atoms with E-state index in [1.54, 1.807) is 18.2 Å². The van der Waals surface area contributed by atoms with Crippen molar-refractivity contribution in [3.63, 3.8) is 0 Å². The van der Waals surface area contributed by atoms with Crippen LogP contribution in [0.4, 0.5) is 4.39 Å². The molecule has 188 valence electrons. The Morgan fingerprint density at radius 1 is 0.972 bits per heavy atom. The van der Waals surface area contributed by atoms with Crippen LogP contribution in [-0.4, -0.2) is 30.1 Å². The number of nitrogens with zero attached hydrogens (tertiary/aromatic N) is 1. The molecule has 0 aromatic heterocycles. The molecule has 0 bridgehead atoms. The number of Topliss-reactive ketones (excluding diaryl/α,β-unsaturated/α-hetero) is 2. The summed E-state index contributed by atoms with van der Waals surface area (Å²) < 4.78 is 25.5. The number of rotatable bonds is 6. The van der Waals surface area contributed by atoms with E-state index in [9.17, 15) is 14.0 Å². The molecule has 0 N–H and O–H groups in total. The summed E-state index contributed by atoms with van der Waals surface area (Å²) in [4.78, 5) is 28.6. The molecule has 1 heterocycles. The molecule has 2 aliphatic carbocycles. The smallest absolute Gasteiger partial charge is 0.180 e. The highest BCUT2D eigenvalue weighted by atomic mass is 35.5. The van der Waals surface area contributed by atoms with Gasteiger partial charge in [-0.3, -0.25) is 9.59 Å². The zero-order chi connectivity index (χ0) is 25.4. The van der Waals surface area contributed by atoms with Gasteiger partial charge in [0.25, 0.3) is 0 Å². The van der Waals surface area contributed by atoms with Gasteiger partial charge in [-0.1, -0.05) is 23.7 Å². The van der Waals surface area contributed by atoms with E-state index in [1.165, 1.54) is 12.1 Å². The van der Waals surface area contributed by atoms with Gasteiger partial charge in [0.2, 0.25) is 0 Å².